The fourth-order valence-electron chi connectivity index (χ4n) is 1.86. The maximum Gasteiger partial charge on any atom is 0.0331 e. The van der Waals surface area contributed by atoms with E-state index in [1.165, 1.54) is 23.3 Å². The third-order valence-corrected chi connectivity index (χ3v) is 3.95. The fraction of sp³-hybridized carbons (Fsp3) is 0.636. The van der Waals surface area contributed by atoms with Gasteiger partial charge in [-0.2, -0.15) is 0 Å². The minimum atomic E-state index is 0.262. The molecule has 72 valence electrons. The van der Waals surface area contributed by atoms with Crippen molar-refractivity contribution in [1.29, 1.82) is 0 Å². The third kappa shape index (κ3) is 1.94. The zero-order valence-electron chi connectivity index (χ0n) is 8.29. The van der Waals surface area contributed by atoms with Gasteiger partial charge in [0.05, 0.1) is 0 Å². The molecule has 2 atom stereocenters. The van der Waals surface area contributed by atoms with Crippen molar-refractivity contribution in [2.24, 2.45) is 17.6 Å². The molecule has 0 bridgehead atoms. The molecule has 13 heavy (non-hydrogen) atoms. The van der Waals surface area contributed by atoms with Crippen LogP contribution in [0.15, 0.2) is 11.4 Å². The minimum Gasteiger partial charge on any atom is -0.324 e. The molecule has 1 saturated carbocycles. The SMILES string of the molecule is Cc1cc(C(N)C(C)C2CC2)cs1. The Morgan fingerprint density at radius 3 is 2.69 bits per heavy atom. The van der Waals surface area contributed by atoms with E-state index in [1.54, 1.807) is 11.3 Å². The second-order valence-electron chi connectivity index (χ2n) is 4.21. The quantitative estimate of drug-likeness (QED) is 0.788. The topological polar surface area (TPSA) is 26.0 Å². The smallest absolute Gasteiger partial charge is 0.0331 e. The highest BCUT2D eigenvalue weighted by Crippen LogP contribution is 2.42. The van der Waals surface area contributed by atoms with E-state index < -0.39 is 0 Å². The maximum absolute atomic E-state index is 6.20. The van der Waals surface area contributed by atoms with Gasteiger partial charge in [-0.05, 0) is 48.6 Å². The molecule has 1 aliphatic carbocycles. The molecule has 0 radical (unpaired) electrons. The lowest BCUT2D eigenvalue weighted by Gasteiger charge is -2.18. The lowest BCUT2D eigenvalue weighted by Crippen LogP contribution is -2.19. The van der Waals surface area contributed by atoms with Gasteiger partial charge in [-0.1, -0.05) is 6.92 Å². The summed E-state index contributed by atoms with van der Waals surface area (Å²) < 4.78 is 0. The van der Waals surface area contributed by atoms with Crippen LogP contribution in [-0.2, 0) is 0 Å². The normalized spacial score (nSPS) is 21.5. The zero-order valence-corrected chi connectivity index (χ0v) is 9.10. The van der Waals surface area contributed by atoms with Crippen LogP contribution in [-0.4, -0.2) is 0 Å². The van der Waals surface area contributed by atoms with Crippen LogP contribution in [0.5, 0.6) is 0 Å². The summed E-state index contributed by atoms with van der Waals surface area (Å²) in [6.07, 6.45) is 2.77. The maximum atomic E-state index is 6.20. The van der Waals surface area contributed by atoms with Crippen molar-refractivity contribution in [3.8, 4) is 0 Å². The summed E-state index contributed by atoms with van der Waals surface area (Å²) in [5.74, 6) is 1.56. The lowest BCUT2D eigenvalue weighted by atomic mass is 9.93. The summed E-state index contributed by atoms with van der Waals surface area (Å²) in [7, 11) is 0. The van der Waals surface area contributed by atoms with E-state index in [9.17, 15) is 0 Å². The van der Waals surface area contributed by atoms with Crippen LogP contribution in [0, 0.1) is 18.8 Å². The molecule has 1 heterocycles. The Bertz CT molecular complexity index is 288. The number of hydrogen-bond acceptors (Lipinski definition) is 2. The number of nitrogens with two attached hydrogens (primary N) is 1. The molecule has 1 aromatic heterocycles. The fourth-order valence-corrected chi connectivity index (χ4v) is 2.61. The van der Waals surface area contributed by atoms with Gasteiger partial charge in [0.15, 0.2) is 0 Å². The molecule has 0 aliphatic heterocycles. The largest absolute Gasteiger partial charge is 0.324 e. The van der Waals surface area contributed by atoms with E-state index >= 15 is 0 Å². The van der Waals surface area contributed by atoms with Crippen LogP contribution in [0.1, 0.15) is 36.2 Å². The van der Waals surface area contributed by atoms with E-state index in [1.807, 2.05) is 0 Å². The van der Waals surface area contributed by atoms with Gasteiger partial charge in [0.25, 0.3) is 0 Å². The Labute approximate surface area is 84.0 Å². The predicted octanol–water partition coefficient (Wildman–Crippen LogP) is 3.10. The van der Waals surface area contributed by atoms with Crippen molar-refractivity contribution in [2.45, 2.75) is 32.7 Å². The van der Waals surface area contributed by atoms with Gasteiger partial charge in [0.2, 0.25) is 0 Å². The molecule has 2 N–H and O–H groups in total. The number of thiophene rings is 1. The van der Waals surface area contributed by atoms with E-state index in [2.05, 4.69) is 25.3 Å². The molecule has 1 fully saturated rings. The monoisotopic (exact) mass is 195 g/mol. The second kappa shape index (κ2) is 3.43. The van der Waals surface area contributed by atoms with E-state index in [0.717, 1.165) is 5.92 Å². The molecular weight excluding hydrogens is 178 g/mol. The molecule has 1 nitrogen and oxygen atoms in total. The summed E-state index contributed by atoms with van der Waals surface area (Å²) >= 11 is 1.80. The summed E-state index contributed by atoms with van der Waals surface area (Å²) in [6.45, 7) is 4.43. The van der Waals surface area contributed by atoms with E-state index in [-0.39, 0.29) is 6.04 Å². The first-order valence-corrected chi connectivity index (χ1v) is 5.87. The average Bonchev–Trinajstić information content (AvgIpc) is 2.87. The summed E-state index contributed by atoms with van der Waals surface area (Å²) in [5.41, 5.74) is 7.53. The lowest BCUT2D eigenvalue weighted by molar-refractivity contribution is 0.418. The minimum absolute atomic E-state index is 0.262. The first-order chi connectivity index (χ1) is 6.18. The Morgan fingerprint density at radius 2 is 2.23 bits per heavy atom. The highest BCUT2D eigenvalue weighted by atomic mass is 32.1. The molecular formula is C11H17NS. The van der Waals surface area contributed by atoms with E-state index in [4.69, 9.17) is 5.73 Å². The Morgan fingerprint density at radius 1 is 1.54 bits per heavy atom. The molecule has 0 spiro atoms. The molecule has 1 aromatic rings. The van der Waals surface area contributed by atoms with Crippen LogP contribution >= 0.6 is 11.3 Å². The average molecular weight is 195 g/mol. The number of hydrogen-bond donors (Lipinski definition) is 1. The Hall–Kier alpha value is -0.340. The van der Waals surface area contributed by atoms with Crippen molar-refractivity contribution in [3.63, 3.8) is 0 Å². The molecule has 2 rings (SSSR count). The Balaban J connectivity index is 2.06. The van der Waals surface area contributed by atoms with Gasteiger partial charge >= 0.3 is 0 Å². The molecule has 1 aliphatic rings. The molecule has 0 aromatic carbocycles. The third-order valence-electron chi connectivity index (χ3n) is 3.07. The first-order valence-electron chi connectivity index (χ1n) is 4.99. The van der Waals surface area contributed by atoms with Crippen molar-refractivity contribution in [2.75, 3.05) is 0 Å². The highest BCUT2D eigenvalue weighted by molar-refractivity contribution is 7.10. The first kappa shape index (κ1) is 9.22. The van der Waals surface area contributed by atoms with Crippen LogP contribution in [0.3, 0.4) is 0 Å². The van der Waals surface area contributed by atoms with Gasteiger partial charge in [-0.15, -0.1) is 11.3 Å². The van der Waals surface area contributed by atoms with Gasteiger partial charge in [-0.3, -0.25) is 0 Å². The standard InChI is InChI=1S/C11H17NS/c1-7-5-10(6-13-7)11(12)8(2)9-3-4-9/h5-6,8-9,11H,3-4,12H2,1-2H3. The van der Waals surface area contributed by atoms with Crippen LogP contribution in [0.2, 0.25) is 0 Å². The van der Waals surface area contributed by atoms with Gasteiger partial charge in [-0.25, -0.2) is 0 Å². The Kier molecular flexibility index (Phi) is 2.43. The predicted molar refractivity (Wildman–Crippen MR) is 57.9 cm³/mol. The number of rotatable bonds is 3. The molecule has 2 unspecified atom stereocenters. The van der Waals surface area contributed by atoms with Crippen LogP contribution in [0.4, 0.5) is 0 Å². The van der Waals surface area contributed by atoms with Crippen LogP contribution < -0.4 is 5.73 Å². The summed E-state index contributed by atoms with van der Waals surface area (Å²) in [6, 6.07) is 2.49. The summed E-state index contributed by atoms with van der Waals surface area (Å²) in [4.78, 5) is 1.37. The van der Waals surface area contributed by atoms with Gasteiger partial charge < -0.3 is 5.73 Å². The van der Waals surface area contributed by atoms with Crippen molar-refractivity contribution < 1.29 is 0 Å². The molecule has 0 saturated heterocycles. The second-order valence-corrected chi connectivity index (χ2v) is 5.33. The van der Waals surface area contributed by atoms with Crippen molar-refractivity contribution >= 4 is 11.3 Å². The van der Waals surface area contributed by atoms with Crippen molar-refractivity contribution in [1.82, 2.24) is 0 Å². The van der Waals surface area contributed by atoms with Crippen molar-refractivity contribution in [3.05, 3.63) is 21.9 Å². The highest BCUT2D eigenvalue weighted by Gasteiger charge is 2.32. The van der Waals surface area contributed by atoms with Crippen LogP contribution in [0.25, 0.3) is 0 Å². The molecule has 2 heteroatoms. The molecule has 0 amide bonds. The number of aryl methyl sites for hydroxylation is 1. The summed E-state index contributed by atoms with van der Waals surface area (Å²) in [5, 5.41) is 2.21. The van der Waals surface area contributed by atoms with E-state index in [0.29, 0.717) is 5.92 Å². The zero-order chi connectivity index (χ0) is 9.42. The van der Waals surface area contributed by atoms with Gasteiger partial charge in [0.1, 0.15) is 0 Å². The van der Waals surface area contributed by atoms with Gasteiger partial charge in [0, 0.05) is 10.9 Å².